The quantitative estimate of drug-likeness (QED) is 0.429. The van der Waals surface area contributed by atoms with E-state index in [2.05, 4.69) is 12.6 Å². The zero-order valence-electron chi connectivity index (χ0n) is 8.52. The van der Waals surface area contributed by atoms with Crippen LogP contribution in [0, 0.1) is 0 Å². The van der Waals surface area contributed by atoms with Crippen molar-refractivity contribution in [1.29, 1.82) is 0 Å². The second-order valence-electron chi connectivity index (χ2n) is 3.42. The molecule has 0 aliphatic carbocycles. The van der Waals surface area contributed by atoms with Crippen molar-refractivity contribution in [2.75, 3.05) is 5.75 Å². The van der Waals surface area contributed by atoms with Crippen molar-refractivity contribution in [2.45, 2.75) is 18.3 Å². The van der Waals surface area contributed by atoms with E-state index in [1.807, 2.05) is 0 Å². The van der Waals surface area contributed by atoms with Crippen LogP contribution in [0.15, 0.2) is 30.3 Å². The average molecular weight is 242 g/mol. The number of thiol groups is 1. The van der Waals surface area contributed by atoms with Gasteiger partial charge in [-0.05, 0) is 0 Å². The standard InChI is InChI=1S/C11H14O4S/c12-8(6-16)10(14)11(15)9(13)7-4-2-1-3-5-7/h1-5,8,10-12,14-16H,6H2/t8-,10-,11+/m0/s1. The van der Waals surface area contributed by atoms with Gasteiger partial charge < -0.3 is 15.3 Å². The zero-order chi connectivity index (χ0) is 12.1. The minimum atomic E-state index is -1.63. The van der Waals surface area contributed by atoms with Crippen LogP contribution in [0.25, 0.3) is 0 Å². The van der Waals surface area contributed by atoms with Crippen LogP contribution in [0.3, 0.4) is 0 Å². The van der Waals surface area contributed by atoms with Crippen molar-refractivity contribution in [2.24, 2.45) is 0 Å². The molecular weight excluding hydrogens is 228 g/mol. The maximum Gasteiger partial charge on any atom is 0.194 e. The van der Waals surface area contributed by atoms with Gasteiger partial charge >= 0.3 is 0 Å². The smallest absolute Gasteiger partial charge is 0.194 e. The molecule has 0 saturated carbocycles. The first-order valence-corrected chi connectivity index (χ1v) is 5.45. The molecule has 0 aliphatic heterocycles. The molecule has 16 heavy (non-hydrogen) atoms. The molecule has 88 valence electrons. The Morgan fingerprint density at radius 2 is 1.75 bits per heavy atom. The van der Waals surface area contributed by atoms with E-state index < -0.39 is 24.1 Å². The van der Waals surface area contributed by atoms with Gasteiger partial charge in [0.1, 0.15) is 12.2 Å². The van der Waals surface area contributed by atoms with Crippen LogP contribution >= 0.6 is 12.6 Å². The topological polar surface area (TPSA) is 77.8 Å². The van der Waals surface area contributed by atoms with Gasteiger partial charge in [0.25, 0.3) is 0 Å². The normalized spacial score (nSPS) is 16.5. The Hall–Kier alpha value is -0.880. The summed E-state index contributed by atoms with van der Waals surface area (Å²) >= 11 is 3.77. The number of ketones is 1. The van der Waals surface area contributed by atoms with Gasteiger partial charge in [0.15, 0.2) is 5.78 Å². The highest BCUT2D eigenvalue weighted by Crippen LogP contribution is 2.09. The molecule has 0 aromatic heterocycles. The molecule has 3 atom stereocenters. The van der Waals surface area contributed by atoms with E-state index in [9.17, 15) is 20.1 Å². The highest BCUT2D eigenvalue weighted by atomic mass is 32.1. The Labute approximate surface area is 99.0 Å². The molecule has 0 unspecified atom stereocenters. The summed E-state index contributed by atoms with van der Waals surface area (Å²) in [7, 11) is 0. The van der Waals surface area contributed by atoms with Crippen molar-refractivity contribution in [1.82, 2.24) is 0 Å². The summed E-state index contributed by atoms with van der Waals surface area (Å²) in [6.07, 6.45) is -4.39. The number of carbonyl (C=O) groups is 1. The van der Waals surface area contributed by atoms with Crippen LogP contribution in [-0.2, 0) is 0 Å². The molecule has 0 aliphatic rings. The number of carbonyl (C=O) groups excluding carboxylic acids is 1. The number of benzene rings is 1. The Bertz CT molecular complexity index is 341. The van der Waals surface area contributed by atoms with Gasteiger partial charge in [-0.15, -0.1) is 0 Å². The first kappa shape index (κ1) is 13.2. The van der Waals surface area contributed by atoms with Crippen LogP contribution in [0.1, 0.15) is 10.4 Å². The summed E-state index contributed by atoms with van der Waals surface area (Å²) in [6.45, 7) is 0. The lowest BCUT2D eigenvalue weighted by molar-refractivity contribution is -0.0377. The van der Waals surface area contributed by atoms with Crippen molar-refractivity contribution in [3.63, 3.8) is 0 Å². The predicted molar refractivity (Wildman–Crippen MR) is 62.6 cm³/mol. The fraction of sp³-hybridized carbons (Fsp3) is 0.364. The van der Waals surface area contributed by atoms with Crippen LogP contribution < -0.4 is 0 Å². The fourth-order valence-electron chi connectivity index (χ4n) is 1.25. The summed E-state index contributed by atoms with van der Waals surface area (Å²) in [5.74, 6) is -0.644. The Balaban J connectivity index is 2.75. The third-order valence-electron chi connectivity index (χ3n) is 2.23. The van der Waals surface area contributed by atoms with Gasteiger partial charge in [0, 0.05) is 11.3 Å². The molecule has 1 aromatic carbocycles. The van der Waals surface area contributed by atoms with E-state index in [0.717, 1.165) is 0 Å². The van der Waals surface area contributed by atoms with Gasteiger partial charge in [-0.1, -0.05) is 30.3 Å². The molecule has 3 N–H and O–H groups in total. The third-order valence-corrected chi connectivity index (χ3v) is 2.61. The fourth-order valence-corrected chi connectivity index (χ4v) is 1.46. The summed E-state index contributed by atoms with van der Waals surface area (Å²) in [5.41, 5.74) is 0.292. The van der Waals surface area contributed by atoms with Gasteiger partial charge in [-0.2, -0.15) is 12.6 Å². The van der Waals surface area contributed by atoms with E-state index in [1.54, 1.807) is 18.2 Å². The number of aliphatic hydroxyl groups is 3. The van der Waals surface area contributed by atoms with Gasteiger partial charge in [0.2, 0.25) is 0 Å². The number of Topliss-reactive ketones (excluding diaryl/α,β-unsaturated/α-hetero) is 1. The second-order valence-corrected chi connectivity index (χ2v) is 3.78. The molecule has 0 bridgehead atoms. The second kappa shape index (κ2) is 6.00. The lowest BCUT2D eigenvalue weighted by atomic mass is 10.00. The van der Waals surface area contributed by atoms with E-state index in [-0.39, 0.29) is 5.75 Å². The highest BCUT2D eigenvalue weighted by Gasteiger charge is 2.29. The molecule has 5 heteroatoms. The number of hydrogen-bond donors (Lipinski definition) is 4. The average Bonchev–Trinajstić information content (AvgIpc) is 2.36. The highest BCUT2D eigenvalue weighted by molar-refractivity contribution is 7.80. The van der Waals surface area contributed by atoms with Crippen LogP contribution in [0.2, 0.25) is 0 Å². The summed E-state index contributed by atoms with van der Waals surface area (Å²) < 4.78 is 0. The molecule has 0 saturated heterocycles. The van der Waals surface area contributed by atoms with E-state index in [1.165, 1.54) is 12.1 Å². The van der Waals surface area contributed by atoms with Crippen LogP contribution in [0.4, 0.5) is 0 Å². The lowest BCUT2D eigenvalue weighted by Crippen LogP contribution is -2.43. The number of rotatable bonds is 5. The molecule has 1 rings (SSSR count). The van der Waals surface area contributed by atoms with Crippen molar-refractivity contribution >= 4 is 18.4 Å². The number of hydrogen-bond acceptors (Lipinski definition) is 5. The van der Waals surface area contributed by atoms with Crippen molar-refractivity contribution < 1.29 is 20.1 Å². The predicted octanol–water partition coefficient (Wildman–Crippen LogP) is -0.118. The SMILES string of the molecule is O=C(c1ccccc1)[C@@H](O)[C@@H](O)[C@@H](O)CS. The zero-order valence-corrected chi connectivity index (χ0v) is 9.42. The van der Waals surface area contributed by atoms with Crippen molar-refractivity contribution in [3.05, 3.63) is 35.9 Å². The largest absolute Gasteiger partial charge is 0.389 e. The molecule has 0 fully saturated rings. The monoisotopic (exact) mass is 242 g/mol. The molecule has 1 aromatic rings. The molecule has 4 nitrogen and oxygen atoms in total. The maximum atomic E-state index is 11.7. The molecule has 0 amide bonds. The van der Waals surface area contributed by atoms with Gasteiger partial charge in [-0.25, -0.2) is 0 Å². The molecular formula is C11H14O4S. The molecule has 0 radical (unpaired) electrons. The maximum absolute atomic E-state index is 11.7. The minimum Gasteiger partial charge on any atom is -0.389 e. The first-order valence-electron chi connectivity index (χ1n) is 4.82. The minimum absolute atomic E-state index is 0.0275. The Kier molecular flexibility index (Phi) is 4.95. The van der Waals surface area contributed by atoms with E-state index in [0.29, 0.717) is 5.56 Å². The first-order chi connectivity index (χ1) is 7.57. The molecule has 0 spiro atoms. The van der Waals surface area contributed by atoms with Gasteiger partial charge in [-0.3, -0.25) is 4.79 Å². The molecule has 0 heterocycles. The lowest BCUT2D eigenvalue weighted by Gasteiger charge is -2.20. The number of aliphatic hydroxyl groups excluding tert-OH is 3. The Morgan fingerprint density at radius 3 is 2.25 bits per heavy atom. The summed E-state index contributed by atoms with van der Waals surface area (Å²) in [5, 5.41) is 28.2. The summed E-state index contributed by atoms with van der Waals surface area (Å²) in [4.78, 5) is 11.7. The third kappa shape index (κ3) is 3.05. The Morgan fingerprint density at radius 1 is 1.19 bits per heavy atom. The van der Waals surface area contributed by atoms with E-state index in [4.69, 9.17) is 0 Å². The van der Waals surface area contributed by atoms with Crippen LogP contribution in [-0.4, -0.2) is 45.2 Å². The van der Waals surface area contributed by atoms with Crippen LogP contribution in [0.5, 0.6) is 0 Å². The summed E-state index contributed by atoms with van der Waals surface area (Å²) in [6, 6.07) is 8.11. The van der Waals surface area contributed by atoms with E-state index >= 15 is 0 Å². The van der Waals surface area contributed by atoms with Crippen molar-refractivity contribution in [3.8, 4) is 0 Å². The van der Waals surface area contributed by atoms with Gasteiger partial charge in [0.05, 0.1) is 6.10 Å².